The second-order valence-corrected chi connectivity index (χ2v) is 10.2. The maximum Gasteiger partial charge on any atom is 0.341 e. The summed E-state index contributed by atoms with van der Waals surface area (Å²) in [5.74, 6) is 0.170. The van der Waals surface area contributed by atoms with Crippen LogP contribution in [-0.4, -0.2) is 25.0 Å². The second-order valence-electron chi connectivity index (χ2n) is 9.08. The van der Waals surface area contributed by atoms with E-state index in [1.165, 1.54) is 16.0 Å². The van der Waals surface area contributed by atoms with Gasteiger partial charge in [0.1, 0.15) is 18.1 Å². The first kappa shape index (κ1) is 24.2. The van der Waals surface area contributed by atoms with E-state index in [1.54, 1.807) is 11.3 Å². The summed E-state index contributed by atoms with van der Waals surface area (Å²) in [4.78, 5) is 28.4. The molecule has 1 heterocycles. The molecule has 2 aromatic carbocycles. The normalized spacial score (nSPS) is 15.1. The molecule has 0 saturated carbocycles. The van der Waals surface area contributed by atoms with Gasteiger partial charge in [0.05, 0.1) is 12.2 Å². The van der Waals surface area contributed by atoms with Gasteiger partial charge in [-0.25, -0.2) is 4.79 Å². The van der Waals surface area contributed by atoms with E-state index in [0.29, 0.717) is 29.6 Å². The Bertz CT molecular complexity index is 1070. The minimum atomic E-state index is -0.331. The zero-order valence-electron chi connectivity index (χ0n) is 19.9. The van der Waals surface area contributed by atoms with Gasteiger partial charge in [-0.15, -0.1) is 11.3 Å². The maximum atomic E-state index is 13.2. The van der Waals surface area contributed by atoms with Gasteiger partial charge < -0.3 is 15.0 Å². The summed E-state index contributed by atoms with van der Waals surface area (Å²) in [6, 6.07) is 20.5. The third-order valence-corrected chi connectivity index (χ3v) is 7.42. The third kappa shape index (κ3) is 6.13. The van der Waals surface area contributed by atoms with Crippen molar-refractivity contribution in [3.8, 4) is 0 Å². The summed E-state index contributed by atoms with van der Waals surface area (Å²) < 4.78 is 5.35. The molecule has 0 bridgehead atoms. The molecule has 1 aliphatic rings. The molecule has 5 nitrogen and oxygen atoms in total. The van der Waals surface area contributed by atoms with Crippen LogP contribution >= 0.6 is 11.3 Å². The number of esters is 1. The molecule has 1 aliphatic carbocycles. The number of fused-ring (bicyclic) bond motifs is 1. The highest BCUT2D eigenvalue weighted by molar-refractivity contribution is 7.17. The molecule has 34 heavy (non-hydrogen) atoms. The number of amides is 1. The zero-order chi connectivity index (χ0) is 23.9. The number of rotatable bonds is 9. The molecule has 1 atom stereocenters. The Balaban J connectivity index is 1.53. The van der Waals surface area contributed by atoms with Gasteiger partial charge in [0.2, 0.25) is 0 Å². The highest BCUT2D eigenvalue weighted by Crippen LogP contribution is 2.40. The van der Waals surface area contributed by atoms with Crippen LogP contribution in [0.3, 0.4) is 0 Å². The Morgan fingerprint density at radius 3 is 2.24 bits per heavy atom. The fourth-order valence-electron chi connectivity index (χ4n) is 4.61. The number of carbonyl (C=O) groups is 2. The quantitative estimate of drug-likeness (QED) is 0.453. The van der Waals surface area contributed by atoms with Crippen molar-refractivity contribution in [3.63, 3.8) is 0 Å². The van der Waals surface area contributed by atoms with E-state index in [9.17, 15) is 9.59 Å². The highest BCUT2D eigenvalue weighted by Gasteiger charge is 2.29. The van der Waals surface area contributed by atoms with Crippen LogP contribution in [0.2, 0.25) is 0 Å². The number of anilines is 1. The fourth-order valence-corrected chi connectivity index (χ4v) is 6.03. The van der Waals surface area contributed by atoms with E-state index >= 15 is 0 Å². The predicted molar refractivity (Wildman–Crippen MR) is 136 cm³/mol. The van der Waals surface area contributed by atoms with Crippen LogP contribution in [0.5, 0.6) is 0 Å². The number of carbonyl (C=O) groups excluding carboxylic acids is 2. The number of nitrogens with one attached hydrogen (secondary N) is 2. The van der Waals surface area contributed by atoms with Crippen molar-refractivity contribution in [2.75, 3.05) is 18.5 Å². The SMILES string of the molecule is CCOC(=O)c1c(NC(=O)C[NH+](Cc2ccccc2)Cc2ccccc2)sc2c1CCC(C)C2. The molecular formula is C28H33N2O3S+. The topological polar surface area (TPSA) is 59.8 Å². The number of benzene rings is 2. The average molecular weight is 478 g/mol. The van der Waals surface area contributed by atoms with Crippen molar-refractivity contribution in [2.24, 2.45) is 5.92 Å². The molecule has 0 saturated heterocycles. The van der Waals surface area contributed by atoms with Gasteiger partial charge >= 0.3 is 5.97 Å². The molecule has 0 radical (unpaired) electrons. The van der Waals surface area contributed by atoms with Crippen molar-refractivity contribution in [3.05, 3.63) is 87.8 Å². The van der Waals surface area contributed by atoms with Gasteiger partial charge in [0, 0.05) is 16.0 Å². The van der Waals surface area contributed by atoms with Crippen LogP contribution in [0.1, 0.15) is 52.2 Å². The van der Waals surface area contributed by atoms with Gasteiger partial charge in [-0.3, -0.25) is 4.79 Å². The smallest absolute Gasteiger partial charge is 0.341 e. The predicted octanol–water partition coefficient (Wildman–Crippen LogP) is 4.27. The zero-order valence-corrected chi connectivity index (χ0v) is 20.8. The van der Waals surface area contributed by atoms with Crippen molar-refractivity contribution >= 4 is 28.2 Å². The summed E-state index contributed by atoms with van der Waals surface area (Å²) in [6.07, 6.45) is 2.85. The number of quaternary nitrogens is 1. The van der Waals surface area contributed by atoms with Crippen molar-refractivity contribution in [1.29, 1.82) is 0 Å². The second kappa shape index (κ2) is 11.4. The molecule has 1 amide bonds. The molecule has 2 N–H and O–H groups in total. The third-order valence-electron chi connectivity index (χ3n) is 6.25. The maximum absolute atomic E-state index is 13.2. The van der Waals surface area contributed by atoms with Gasteiger partial charge in [0.15, 0.2) is 6.54 Å². The molecule has 4 rings (SSSR count). The molecule has 3 aromatic rings. The summed E-state index contributed by atoms with van der Waals surface area (Å²) in [5.41, 5.74) is 4.01. The molecule has 1 aromatic heterocycles. The first-order valence-corrected chi connectivity index (χ1v) is 12.9. The minimum Gasteiger partial charge on any atom is -0.462 e. The van der Waals surface area contributed by atoms with Gasteiger partial charge in [-0.05, 0) is 37.7 Å². The first-order chi connectivity index (χ1) is 16.5. The van der Waals surface area contributed by atoms with Crippen LogP contribution < -0.4 is 10.2 Å². The monoisotopic (exact) mass is 477 g/mol. The summed E-state index contributed by atoms with van der Waals surface area (Å²) in [7, 11) is 0. The van der Waals surface area contributed by atoms with E-state index in [2.05, 4.69) is 36.5 Å². The van der Waals surface area contributed by atoms with Crippen molar-refractivity contribution < 1.29 is 19.2 Å². The first-order valence-electron chi connectivity index (χ1n) is 12.1. The lowest BCUT2D eigenvalue weighted by Gasteiger charge is -2.19. The molecular weight excluding hydrogens is 444 g/mol. The highest BCUT2D eigenvalue weighted by atomic mass is 32.1. The average Bonchev–Trinajstić information content (AvgIpc) is 3.17. The van der Waals surface area contributed by atoms with Crippen LogP contribution in [-0.2, 0) is 35.5 Å². The van der Waals surface area contributed by atoms with Gasteiger partial charge in [-0.2, -0.15) is 0 Å². The number of thiophene rings is 1. The van der Waals surface area contributed by atoms with E-state index in [-0.39, 0.29) is 11.9 Å². The Labute approximate surface area is 205 Å². The van der Waals surface area contributed by atoms with Crippen molar-refractivity contribution in [1.82, 2.24) is 0 Å². The standard InChI is InChI=1S/C28H32N2O3S/c1-3-33-28(32)26-23-15-14-20(2)16-24(23)34-27(26)29-25(31)19-30(17-21-10-6-4-7-11-21)18-22-12-8-5-9-13-22/h4-13,20H,3,14-19H2,1-2H3,(H,29,31)/p+1. The lowest BCUT2D eigenvalue weighted by Crippen LogP contribution is -3.10. The Morgan fingerprint density at radius 1 is 1.03 bits per heavy atom. The number of ether oxygens (including phenoxy) is 1. The molecule has 1 unspecified atom stereocenters. The van der Waals surface area contributed by atoms with Crippen molar-refractivity contribution in [2.45, 2.75) is 46.2 Å². The van der Waals surface area contributed by atoms with E-state index in [4.69, 9.17) is 4.74 Å². The molecule has 0 aliphatic heterocycles. The van der Waals surface area contributed by atoms with Gasteiger partial charge in [0.25, 0.3) is 5.91 Å². The number of hydrogen-bond donors (Lipinski definition) is 2. The summed E-state index contributed by atoms with van der Waals surface area (Å²) in [5, 5.41) is 3.72. The van der Waals surface area contributed by atoms with Crippen LogP contribution in [0.4, 0.5) is 5.00 Å². The van der Waals surface area contributed by atoms with E-state index < -0.39 is 0 Å². The Kier molecular flexibility index (Phi) is 8.14. The Hall–Kier alpha value is -2.96. The van der Waals surface area contributed by atoms with E-state index in [0.717, 1.165) is 42.8 Å². The molecule has 6 heteroatoms. The van der Waals surface area contributed by atoms with Crippen LogP contribution in [0.15, 0.2) is 60.7 Å². The largest absolute Gasteiger partial charge is 0.462 e. The summed E-state index contributed by atoms with van der Waals surface area (Å²) >= 11 is 1.54. The van der Waals surface area contributed by atoms with Crippen LogP contribution in [0, 0.1) is 5.92 Å². The van der Waals surface area contributed by atoms with E-state index in [1.807, 2.05) is 43.3 Å². The van der Waals surface area contributed by atoms with Crippen LogP contribution in [0.25, 0.3) is 0 Å². The summed E-state index contributed by atoms with van der Waals surface area (Å²) in [6.45, 7) is 6.16. The Morgan fingerprint density at radius 2 is 1.65 bits per heavy atom. The molecule has 0 fully saturated rings. The lowest BCUT2D eigenvalue weighted by molar-refractivity contribution is -0.919. The minimum absolute atomic E-state index is 0.0842. The lowest BCUT2D eigenvalue weighted by atomic mass is 9.88. The fraction of sp³-hybridized carbons (Fsp3) is 0.357. The van der Waals surface area contributed by atoms with Gasteiger partial charge in [-0.1, -0.05) is 67.6 Å². The molecule has 0 spiro atoms. The molecule has 178 valence electrons. The number of hydrogen-bond acceptors (Lipinski definition) is 4.